The van der Waals surface area contributed by atoms with Crippen LogP contribution in [0.15, 0.2) is 11.6 Å². The second-order valence-electron chi connectivity index (χ2n) is 3.77. The SMILES string of the molecule is [B]C.[B]C([B])=CO.[B]C1OC2OC([B])C([B])OC2OC1[B]. The molecule has 0 aromatic heterocycles. The highest BCUT2D eigenvalue weighted by Gasteiger charge is 2.41. The topological polar surface area (TPSA) is 57.2 Å². The maximum atomic E-state index is 7.73. The van der Waals surface area contributed by atoms with E-state index in [1.807, 2.05) is 0 Å². The number of hydrogen-bond acceptors (Lipinski definition) is 5. The quantitative estimate of drug-likeness (QED) is 0.394. The first-order valence-electron chi connectivity index (χ1n) is 5.92. The van der Waals surface area contributed by atoms with Gasteiger partial charge >= 0.3 is 0 Å². The van der Waals surface area contributed by atoms with Gasteiger partial charge in [-0.3, -0.25) is 0 Å². The first-order valence-corrected chi connectivity index (χ1v) is 5.92. The van der Waals surface area contributed by atoms with Crippen molar-refractivity contribution in [3.05, 3.63) is 11.6 Å². The Balaban J connectivity index is 0.000000489. The van der Waals surface area contributed by atoms with Crippen LogP contribution in [0.25, 0.3) is 0 Å². The van der Waals surface area contributed by atoms with Crippen molar-refractivity contribution in [2.75, 3.05) is 0 Å². The minimum absolute atomic E-state index is 0.0648. The first kappa shape index (κ1) is 20.8. The summed E-state index contributed by atoms with van der Waals surface area (Å²) in [6.45, 7) is 1.50. The molecule has 21 heavy (non-hydrogen) atoms. The Morgan fingerprint density at radius 3 is 1.10 bits per heavy atom. The minimum atomic E-state index is -0.778. The fourth-order valence-electron chi connectivity index (χ4n) is 1.25. The summed E-state index contributed by atoms with van der Waals surface area (Å²) < 4.78 is 20.7. The van der Waals surface area contributed by atoms with Crippen LogP contribution >= 0.6 is 0 Å². The predicted molar refractivity (Wildman–Crippen MR) is 83.9 cm³/mol. The number of ether oxygens (including phenoxy) is 4. The number of aliphatic hydroxyl groups excluding tert-OH is 1. The number of aliphatic hydroxyl groups is 1. The van der Waals surface area contributed by atoms with Crippen molar-refractivity contribution in [1.82, 2.24) is 0 Å². The van der Waals surface area contributed by atoms with Crippen molar-refractivity contribution < 1.29 is 24.1 Å². The van der Waals surface area contributed by atoms with E-state index in [0.717, 1.165) is 0 Å². The Morgan fingerprint density at radius 1 is 0.762 bits per heavy atom. The summed E-state index contributed by atoms with van der Waals surface area (Å²) in [7, 11) is 35.8. The van der Waals surface area contributed by atoms with Gasteiger partial charge in [-0.1, -0.05) is 6.82 Å². The Kier molecular flexibility index (Phi) is 10.5. The van der Waals surface area contributed by atoms with Crippen molar-refractivity contribution in [3.63, 3.8) is 0 Å². The van der Waals surface area contributed by atoms with Gasteiger partial charge in [-0.05, 0) is 0 Å². The third kappa shape index (κ3) is 7.09. The summed E-state index contributed by atoms with van der Waals surface area (Å²) in [5, 5.41) is 7.67. The molecular formula is C9H11B7O5. The molecule has 2 rings (SSSR count). The van der Waals surface area contributed by atoms with Gasteiger partial charge in [-0.15, -0.1) is 5.37 Å². The number of fused-ring (bicyclic) bond motifs is 1. The van der Waals surface area contributed by atoms with E-state index >= 15 is 0 Å². The molecule has 0 aromatic rings. The molecule has 5 nitrogen and oxygen atoms in total. The lowest BCUT2D eigenvalue weighted by Gasteiger charge is -2.46. The number of rotatable bonds is 0. The van der Waals surface area contributed by atoms with E-state index in [1.54, 1.807) is 0 Å². The lowest BCUT2D eigenvalue weighted by atomic mass is 9.80. The van der Waals surface area contributed by atoms with Crippen LogP contribution < -0.4 is 0 Å². The molecule has 0 bridgehead atoms. The van der Waals surface area contributed by atoms with Gasteiger partial charge in [-0.25, -0.2) is 0 Å². The van der Waals surface area contributed by atoms with E-state index in [2.05, 4.69) is 23.5 Å². The molecule has 4 atom stereocenters. The molecule has 0 spiro atoms. The molecule has 12 heteroatoms. The van der Waals surface area contributed by atoms with Crippen LogP contribution in [0.3, 0.4) is 0 Å². The van der Waals surface area contributed by atoms with E-state index in [4.69, 9.17) is 55.4 Å². The molecule has 0 amide bonds. The van der Waals surface area contributed by atoms with E-state index in [-0.39, 0.29) is 5.37 Å². The number of hydrogen-bond donors (Lipinski definition) is 1. The molecule has 2 heterocycles. The molecule has 2 saturated heterocycles. The zero-order valence-corrected chi connectivity index (χ0v) is 11.7. The summed E-state index contributed by atoms with van der Waals surface area (Å²) in [4.78, 5) is 0. The maximum Gasteiger partial charge on any atom is 0.208 e. The lowest BCUT2D eigenvalue weighted by Crippen LogP contribution is -2.59. The second-order valence-corrected chi connectivity index (χ2v) is 3.77. The molecule has 2 aliphatic rings. The van der Waals surface area contributed by atoms with Crippen LogP contribution in [0.1, 0.15) is 0 Å². The zero-order valence-electron chi connectivity index (χ0n) is 11.7. The molecule has 4 unspecified atom stereocenters. The fraction of sp³-hybridized carbons (Fsp3) is 0.778. The van der Waals surface area contributed by atoms with Crippen molar-refractivity contribution >= 4 is 54.9 Å². The Morgan fingerprint density at radius 2 is 0.952 bits per heavy atom. The fourth-order valence-corrected chi connectivity index (χ4v) is 1.25. The molecule has 2 aliphatic heterocycles. The Labute approximate surface area is 134 Å². The highest BCUT2D eigenvalue weighted by atomic mass is 16.8. The van der Waals surface area contributed by atoms with Gasteiger partial charge in [0.2, 0.25) is 12.6 Å². The largest absolute Gasteiger partial charge is 0.517 e. The third-order valence-corrected chi connectivity index (χ3v) is 2.18. The molecule has 14 radical (unpaired) electrons. The molecule has 0 saturated carbocycles. The molecule has 1 N–H and O–H groups in total. The van der Waals surface area contributed by atoms with Crippen molar-refractivity contribution in [1.29, 1.82) is 0 Å². The summed E-state index contributed by atoms with van der Waals surface area (Å²) in [5.41, 5.74) is 0. The predicted octanol–water partition coefficient (Wildman–Crippen LogP) is -2.41. The summed E-state index contributed by atoms with van der Waals surface area (Å²) >= 11 is 0. The van der Waals surface area contributed by atoms with Crippen LogP contribution in [0, 0.1) is 0 Å². The van der Waals surface area contributed by atoms with Gasteiger partial charge in [0.05, 0.1) is 29.8 Å². The molecule has 2 fully saturated rings. The molecule has 0 aromatic carbocycles. The summed E-state index contributed by atoms with van der Waals surface area (Å²) in [6.07, 6.45) is -0.917. The maximum absolute atomic E-state index is 7.73. The van der Waals surface area contributed by atoms with Crippen molar-refractivity contribution in [2.24, 2.45) is 0 Å². The van der Waals surface area contributed by atoms with E-state index in [9.17, 15) is 0 Å². The molecule has 98 valence electrons. The van der Waals surface area contributed by atoms with Gasteiger partial charge in [0.25, 0.3) is 0 Å². The van der Waals surface area contributed by atoms with E-state index < -0.39 is 36.6 Å². The van der Waals surface area contributed by atoms with E-state index in [0.29, 0.717) is 6.26 Å². The van der Waals surface area contributed by atoms with Crippen LogP contribution in [0.4, 0.5) is 0 Å². The normalized spacial score (nSPS) is 37.6. The van der Waals surface area contributed by atoms with Gasteiger partial charge in [-0.2, -0.15) is 0 Å². The van der Waals surface area contributed by atoms with E-state index in [1.165, 1.54) is 6.82 Å². The average molecular weight is 275 g/mol. The third-order valence-electron chi connectivity index (χ3n) is 2.18. The van der Waals surface area contributed by atoms with Crippen LogP contribution in [0.5, 0.6) is 0 Å². The molecular weight excluding hydrogens is 264 g/mol. The Bertz CT molecular complexity index is 275. The summed E-state index contributed by atoms with van der Waals surface area (Å²) in [6, 6.07) is -3.05. The highest BCUT2D eigenvalue weighted by Crippen LogP contribution is 2.25. The van der Waals surface area contributed by atoms with Gasteiger partial charge in [0.1, 0.15) is 31.4 Å². The smallest absolute Gasteiger partial charge is 0.208 e. The van der Waals surface area contributed by atoms with Crippen LogP contribution in [0.2, 0.25) is 6.82 Å². The van der Waals surface area contributed by atoms with Gasteiger partial charge < -0.3 is 24.1 Å². The van der Waals surface area contributed by atoms with Gasteiger partial charge in [0, 0.05) is 24.0 Å². The summed E-state index contributed by atoms with van der Waals surface area (Å²) in [5.74, 6) is 0. The van der Waals surface area contributed by atoms with Crippen molar-refractivity contribution in [3.8, 4) is 0 Å². The van der Waals surface area contributed by atoms with Crippen LogP contribution in [-0.2, 0) is 18.9 Å². The average Bonchev–Trinajstić information content (AvgIpc) is 2.45. The first-order chi connectivity index (χ1) is 9.85. The zero-order chi connectivity index (χ0) is 16.6. The minimum Gasteiger partial charge on any atom is -0.517 e. The van der Waals surface area contributed by atoms with Crippen molar-refractivity contribution in [2.45, 2.75) is 43.4 Å². The lowest BCUT2D eigenvalue weighted by molar-refractivity contribution is -0.376. The Hall–Kier alpha value is -0.165. The molecule has 0 aliphatic carbocycles. The standard InChI is InChI=1S/C6H6B4O4.C2H2B2O.CH3B/c7-1-2(8)12-6-5(11-1)13-3(9)4(10)14-6;3-2(4)1-5;1-2/h1-6H;1,5H;1H3. The highest BCUT2D eigenvalue weighted by molar-refractivity contribution is 6.47. The van der Waals surface area contributed by atoms with Gasteiger partial charge in [0.15, 0.2) is 0 Å². The van der Waals surface area contributed by atoms with Crippen LogP contribution in [-0.4, -0.2) is 96.6 Å². The second kappa shape index (κ2) is 10.5. The monoisotopic (exact) mass is 276 g/mol.